The van der Waals surface area contributed by atoms with E-state index in [4.69, 9.17) is 4.55 Å². The summed E-state index contributed by atoms with van der Waals surface area (Å²) in [7, 11) is -4.07. The minimum Gasteiger partial charge on any atom is -0.310 e. The second-order valence-corrected chi connectivity index (χ2v) is 6.16. The van der Waals surface area contributed by atoms with E-state index in [1.807, 2.05) is 0 Å². The van der Waals surface area contributed by atoms with Gasteiger partial charge in [-0.05, 0) is 43.7 Å². The van der Waals surface area contributed by atoms with Gasteiger partial charge in [0.05, 0.1) is 11.3 Å². The van der Waals surface area contributed by atoms with E-state index in [-0.39, 0.29) is 18.5 Å². The molecule has 0 aliphatic carbocycles. The van der Waals surface area contributed by atoms with E-state index in [0.29, 0.717) is 6.07 Å². The zero-order valence-electron chi connectivity index (χ0n) is 11.1. The van der Waals surface area contributed by atoms with Crippen molar-refractivity contribution in [1.82, 2.24) is 5.32 Å². The third-order valence-corrected chi connectivity index (χ3v) is 3.58. The van der Waals surface area contributed by atoms with Crippen molar-refractivity contribution in [3.05, 3.63) is 35.1 Å². The Labute approximate surface area is 119 Å². The van der Waals surface area contributed by atoms with Crippen LogP contribution >= 0.6 is 0 Å². The minimum atomic E-state index is -4.64. The smallest absolute Gasteiger partial charge is 0.310 e. The molecule has 1 unspecified atom stereocenters. The molecular weight excluding hydrogens is 314 g/mol. The largest absolute Gasteiger partial charge is 0.416 e. The fraction of sp³-hybridized carbons (Fsp3) is 0.500. The van der Waals surface area contributed by atoms with Crippen molar-refractivity contribution >= 4 is 10.1 Å². The third kappa shape index (κ3) is 6.40. The molecule has 0 fully saturated rings. The molecule has 21 heavy (non-hydrogen) atoms. The van der Waals surface area contributed by atoms with Gasteiger partial charge in [0, 0.05) is 6.04 Å². The molecule has 0 heterocycles. The lowest BCUT2D eigenvalue weighted by Crippen LogP contribution is -2.22. The van der Waals surface area contributed by atoms with Crippen molar-refractivity contribution in [3.63, 3.8) is 0 Å². The first kappa shape index (κ1) is 17.9. The van der Waals surface area contributed by atoms with Gasteiger partial charge in [-0.2, -0.15) is 21.6 Å². The minimum absolute atomic E-state index is 0.0879. The van der Waals surface area contributed by atoms with Crippen LogP contribution in [0.2, 0.25) is 0 Å². The van der Waals surface area contributed by atoms with Gasteiger partial charge < -0.3 is 5.32 Å². The fourth-order valence-electron chi connectivity index (χ4n) is 1.72. The highest BCUT2D eigenvalue weighted by molar-refractivity contribution is 7.85. The molecule has 1 aromatic carbocycles. The molecule has 0 saturated carbocycles. The van der Waals surface area contributed by atoms with Crippen LogP contribution in [0.15, 0.2) is 18.2 Å². The molecule has 1 aromatic rings. The summed E-state index contributed by atoms with van der Waals surface area (Å²) in [6.45, 7) is 1.68. The molecule has 0 spiro atoms. The molecule has 0 saturated heterocycles. The highest BCUT2D eigenvalue weighted by Crippen LogP contribution is 2.31. The lowest BCUT2D eigenvalue weighted by atomic mass is 10.0. The molecule has 2 N–H and O–H groups in total. The van der Waals surface area contributed by atoms with E-state index >= 15 is 0 Å². The molecule has 0 aliphatic rings. The number of alkyl halides is 3. The Balaban J connectivity index is 2.70. The predicted octanol–water partition coefficient (Wildman–Crippen LogP) is 2.77. The quantitative estimate of drug-likeness (QED) is 0.478. The molecule has 4 nitrogen and oxygen atoms in total. The Morgan fingerprint density at radius 3 is 2.43 bits per heavy atom. The molecule has 120 valence electrons. The van der Waals surface area contributed by atoms with Crippen molar-refractivity contribution in [2.75, 3.05) is 12.3 Å². The highest BCUT2D eigenvalue weighted by Gasteiger charge is 2.31. The Morgan fingerprint density at radius 2 is 1.90 bits per heavy atom. The van der Waals surface area contributed by atoms with Crippen LogP contribution in [0.25, 0.3) is 0 Å². The first-order chi connectivity index (χ1) is 9.49. The second kappa shape index (κ2) is 6.71. The molecule has 0 aliphatic heterocycles. The first-order valence-corrected chi connectivity index (χ1v) is 7.66. The van der Waals surface area contributed by atoms with Crippen LogP contribution < -0.4 is 5.32 Å². The van der Waals surface area contributed by atoms with Crippen molar-refractivity contribution in [2.45, 2.75) is 25.6 Å². The Bertz CT molecular complexity index is 587. The van der Waals surface area contributed by atoms with E-state index in [0.717, 1.165) is 12.1 Å². The molecule has 0 amide bonds. The van der Waals surface area contributed by atoms with Crippen LogP contribution in [0.1, 0.15) is 30.5 Å². The Morgan fingerprint density at radius 1 is 1.29 bits per heavy atom. The van der Waals surface area contributed by atoms with Crippen LogP contribution in [-0.2, 0) is 16.3 Å². The number of hydrogen-bond acceptors (Lipinski definition) is 3. The molecule has 0 bridgehead atoms. The van der Waals surface area contributed by atoms with Crippen molar-refractivity contribution in [1.29, 1.82) is 0 Å². The van der Waals surface area contributed by atoms with Crippen molar-refractivity contribution in [2.24, 2.45) is 0 Å². The maximum atomic E-state index is 13.2. The number of benzene rings is 1. The summed E-state index contributed by atoms with van der Waals surface area (Å²) in [6, 6.07) is 1.64. The van der Waals surface area contributed by atoms with Crippen LogP contribution in [0.3, 0.4) is 0 Å². The summed E-state index contributed by atoms with van der Waals surface area (Å²) >= 11 is 0. The zero-order valence-corrected chi connectivity index (χ0v) is 11.9. The molecular formula is C12H15F4NO3S. The van der Waals surface area contributed by atoms with Gasteiger partial charge in [0.25, 0.3) is 10.1 Å². The van der Waals surface area contributed by atoms with E-state index < -0.39 is 39.5 Å². The van der Waals surface area contributed by atoms with Crippen molar-refractivity contribution in [3.8, 4) is 0 Å². The molecule has 1 rings (SSSR count). The molecule has 0 radical (unpaired) electrons. The maximum Gasteiger partial charge on any atom is 0.416 e. The van der Waals surface area contributed by atoms with Crippen LogP contribution in [0.4, 0.5) is 17.6 Å². The van der Waals surface area contributed by atoms with Gasteiger partial charge in [0.15, 0.2) is 0 Å². The van der Waals surface area contributed by atoms with Crippen LogP contribution in [0.5, 0.6) is 0 Å². The number of hydrogen-bond donors (Lipinski definition) is 2. The fourth-order valence-corrected chi connectivity index (χ4v) is 2.23. The standard InChI is InChI=1S/C12H15F4NO3S/c1-8(17-3-2-4-21(18,19)20)9-5-10(12(14,15)16)7-11(13)6-9/h5-8,17H,2-4H2,1H3,(H,18,19,20). The van der Waals surface area contributed by atoms with Crippen LogP contribution in [0, 0.1) is 5.82 Å². The maximum absolute atomic E-state index is 13.2. The average molecular weight is 329 g/mol. The summed E-state index contributed by atoms with van der Waals surface area (Å²) in [6.07, 6.45) is -4.55. The predicted molar refractivity (Wildman–Crippen MR) is 68.9 cm³/mol. The topological polar surface area (TPSA) is 66.4 Å². The Hall–Kier alpha value is -1.19. The summed E-state index contributed by atoms with van der Waals surface area (Å²) < 4.78 is 80.5. The second-order valence-electron chi connectivity index (χ2n) is 4.59. The van der Waals surface area contributed by atoms with Crippen LogP contribution in [-0.4, -0.2) is 25.3 Å². The summed E-state index contributed by atoms with van der Waals surface area (Å²) in [5.74, 6) is -1.45. The molecule has 9 heteroatoms. The molecule has 1 atom stereocenters. The summed E-state index contributed by atoms with van der Waals surface area (Å²) in [4.78, 5) is 0. The van der Waals surface area contributed by atoms with E-state index in [9.17, 15) is 26.0 Å². The third-order valence-electron chi connectivity index (χ3n) is 2.78. The van der Waals surface area contributed by atoms with Gasteiger partial charge >= 0.3 is 6.18 Å². The molecule has 0 aromatic heterocycles. The monoisotopic (exact) mass is 329 g/mol. The van der Waals surface area contributed by atoms with E-state index in [1.165, 1.54) is 6.92 Å². The van der Waals surface area contributed by atoms with Gasteiger partial charge in [-0.3, -0.25) is 4.55 Å². The van der Waals surface area contributed by atoms with Gasteiger partial charge in [-0.15, -0.1) is 0 Å². The normalized spacial score (nSPS) is 14.2. The Kier molecular flexibility index (Phi) is 5.71. The van der Waals surface area contributed by atoms with Crippen molar-refractivity contribution < 1.29 is 30.5 Å². The van der Waals surface area contributed by atoms with Gasteiger partial charge in [-0.1, -0.05) is 0 Å². The summed E-state index contributed by atoms with van der Waals surface area (Å²) in [5, 5.41) is 2.77. The lowest BCUT2D eigenvalue weighted by Gasteiger charge is -2.16. The van der Waals surface area contributed by atoms with Gasteiger partial charge in [0.2, 0.25) is 0 Å². The van der Waals surface area contributed by atoms with E-state index in [1.54, 1.807) is 0 Å². The van der Waals surface area contributed by atoms with E-state index in [2.05, 4.69) is 5.32 Å². The number of rotatable bonds is 6. The zero-order chi connectivity index (χ0) is 16.3. The number of halogens is 4. The lowest BCUT2D eigenvalue weighted by molar-refractivity contribution is -0.137. The average Bonchev–Trinajstić information content (AvgIpc) is 2.31. The highest BCUT2D eigenvalue weighted by atomic mass is 32.2. The van der Waals surface area contributed by atoms with Gasteiger partial charge in [0.1, 0.15) is 5.82 Å². The number of nitrogens with one attached hydrogen (secondary N) is 1. The SMILES string of the molecule is CC(NCCCS(=O)(=O)O)c1cc(F)cc(C(F)(F)F)c1. The summed E-state index contributed by atoms with van der Waals surface area (Å²) in [5.41, 5.74) is -0.974. The van der Waals surface area contributed by atoms with Gasteiger partial charge in [-0.25, -0.2) is 4.39 Å². The first-order valence-electron chi connectivity index (χ1n) is 6.05.